The SMILES string of the molecule is Cc1ccccc1C[NH+]1CC[NH+](CC(=O)N[C@H]2CCCc3ccccc32)CC1. The highest BCUT2D eigenvalue weighted by Crippen LogP contribution is 2.29. The van der Waals surface area contributed by atoms with E-state index in [4.69, 9.17) is 0 Å². The lowest BCUT2D eigenvalue weighted by atomic mass is 9.88. The first-order valence-corrected chi connectivity index (χ1v) is 10.8. The summed E-state index contributed by atoms with van der Waals surface area (Å²) in [6.07, 6.45) is 3.36. The molecule has 4 heteroatoms. The monoisotopic (exact) mass is 379 g/mol. The van der Waals surface area contributed by atoms with Gasteiger partial charge in [-0.1, -0.05) is 48.5 Å². The number of aryl methyl sites for hydroxylation is 2. The van der Waals surface area contributed by atoms with Crippen molar-refractivity contribution in [3.8, 4) is 0 Å². The second-order valence-corrected chi connectivity index (χ2v) is 8.49. The Balaban J connectivity index is 1.25. The van der Waals surface area contributed by atoms with Crippen LogP contribution in [-0.2, 0) is 17.8 Å². The molecule has 1 atom stereocenters. The van der Waals surface area contributed by atoms with Gasteiger partial charge in [0.05, 0.1) is 6.04 Å². The third kappa shape index (κ3) is 4.62. The van der Waals surface area contributed by atoms with Gasteiger partial charge in [0.25, 0.3) is 5.91 Å². The Morgan fingerprint density at radius 1 is 1.00 bits per heavy atom. The van der Waals surface area contributed by atoms with Crippen molar-refractivity contribution in [2.24, 2.45) is 0 Å². The number of hydrogen-bond acceptors (Lipinski definition) is 1. The number of carbonyl (C=O) groups excluding carboxylic acids is 1. The van der Waals surface area contributed by atoms with Gasteiger partial charge in [-0.3, -0.25) is 4.79 Å². The minimum absolute atomic E-state index is 0.199. The summed E-state index contributed by atoms with van der Waals surface area (Å²) in [5.41, 5.74) is 5.57. The number of benzene rings is 2. The van der Waals surface area contributed by atoms with Crippen LogP contribution in [0.4, 0.5) is 0 Å². The number of rotatable bonds is 5. The van der Waals surface area contributed by atoms with Gasteiger partial charge >= 0.3 is 0 Å². The molecular formula is C24H33N3O+2. The first-order valence-electron chi connectivity index (χ1n) is 10.8. The van der Waals surface area contributed by atoms with Crippen molar-refractivity contribution < 1.29 is 14.6 Å². The third-order valence-corrected chi connectivity index (χ3v) is 6.48. The van der Waals surface area contributed by atoms with E-state index < -0.39 is 0 Å². The van der Waals surface area contributed by atoms with Crippen molar-refractivity contribution in [1.82, 2.24) is 5.32 Å². The zero-order chi connectivity index (χ0) is 19.3. The summed E-state index contributed by atoms with van der Waals surface area (Å²) >= 11 is 0. The first kappa shape index (κ1) is 19.2. The molecule has 1 aliphatic heterocycles. The lowest BCUT2D eigenvalue weighted by molar-refractivity contribution is -1.02. The van der Waals surface area contributed by atoms with Crippen LogP contribution >= 0.6 is 0 Å². The van der Waals surface area contributed by atoms with Crippen molar-refractivity contribution in [3.05, 3.63) is 70.8 Å². The van der Waals surface area contributed by atoms with Crippen LogP contribution in [0, 0.1) is 6.92 Å². The fraction of sp³-hybridized carbons (Fsp3) is 0.458. The summed E-state index contributed by atoms with van der Waals surface area (Å²) in [7, 11) is 0. The van der Waals surface area contributed by atoms with Crippen molar-refractivity contribution in [1.29, 1.82) is 0 Å². The van der Waals surface area contributed by atoms with E-state index >= 15 is 0 Å². The number of fused-ring (bicyclic) bond motifs is 1. The maximum atomic E-state index is 12.7. The predicted octanol–water partition coefficient (Wildman–Crippen LogP) is 0.472. The number of hydrogen-bond donors (Lipinski definition) is 3. The summed E-state index contributed by atoms with van der Waals surface area (Å²) in [5.74, 6) is 0.207. The molecule has 0 aromatic heterocycles. The predicted molar refractivity (Wildman–Crippen MR) is 111 cm³/mol. The zero-order valence-electron chi connectivity index (χ0n) is 17.0. The van der Waals surface area contributed by atoms with Crippen LogP contribution in [0.5, 0.6) is 0 Å². The molecule has 2 aliphatic rings. The topological polar surface area (TPSA) is 38.0 Å². The maximum absolute atomic E-state index is 12.7. The second kappa shape index (κ2) is 8.89. The van der Waals surface area contributed by atoms with Gasteiger partial charge in [-0.25, -0.2) is 0 Å². The lowest BCUT2D eigenvalue weighted by Gasteiger charge is -2.31. The minimum Gasteiger partial charge on any atom is -0.344 e. The molecule has 1 aliphatic carbocycles. The van der Waals surface area contributed by atoms with Crippen LogP contribution in [0.25, 0.3) is 0 Å². The summed E-state index contributed by atoms with van der Waals surface area (Å²) in [5, 5.41) is 3.31. The minimum atomic E-state index is 0.199. The number of nitrogens with one attached hydrogen (secondary N) is 3. The molecule has 2 aromatic carbocycles. The molecule has 2 aromatic rings. The van der Waals surface area contributed by atoms with E-state index in [1.807, 2.05) is 0 Å². The molecule has 1 saturated heterocycles. The van der Waals surface area contributed by atoms with Gasteiger partial charge in [0, 0.05) is 5.56 Å². The standard InChI is InChI=1S/C24H31N3O/c1-19-7-2-3-9-21(19)17-26-13-15-27(16-14-26)18-24(28)25-23-12-6-10-20-8-4-5-11-22(20)23/h2-5,7-9,11,23H,6,10,12-18H2,1H3,(H,25,28)/p+2/t23-/m0/s1. The fourth-order valence-corrected chi connectivity index (χ4v) is 4.76. The molecule has 4 rings (SSSR count). The quantitative estimate of drug-likeness (QED) is 0.694. The molecule has 0 saturated carbocycles. The second-order valence-electron chi connectivity index (χ2n) is 8.49. The van der Waals surface area contributed by atoms with Crippen molar-refractivity contribution in [2.75, 3.05) is 32.7 Å². The molecule has 0 spiro atoms. The number of carbonyl (C=O) groups is 1. The van der Waals surface area contributed by atoms with Gasteiger partial charge < -0.3 is 15.1 Å². The van der Waals surface area contributed by atoms with E-state index in [0.717, 1.165) is 52.0 Å². The summed E-state index contributed by atoms with van der Waals surface area (Å²) in [6.45, 7) is 8.35. The lowest BCUT2D eigenvalue weighted by Crippen LogP contribution is -3.28. The van der Waals surface area contributed by atoms with Gasteiger partial charge in [-0.15, -0.1) is 0 Å². The molecule has 3 N–H and O–H groups in total. The first-order chi connectivity index (χ1) is 13.7. The van der Waals surface area contributed by atoms with E-state index in [0.29, 0.717) is 6.54 Å². The third-order valence-electron chi connectivity index (χ3n) is 6.48. The summed E-state index contributed by atoms with van der Waals surface area (Å²) in [6, 6.07) is 17.5. The molecule has 0 radical (unpaired) electrons. The van der Waals surface area contributed by atoms with Crippen LogP contribution in [0.15, 0.2) is 48.5 Å². The molecule has 0 bridgehead atoms. The van der Waals surface area contributed by atoms with Gasteiger partial charge in [0.15, 0.2) is 6.54 Å². The molecular weight excluding hydrogens is 346 g/mol. The van der Waals surface area contributed by atoms with E-state index in [1.165, 1.54) is 27.2 Å². The molecule has 1 heterocycles. The molecule has 28 heavy (non-hydrogen) atoms. The van der Waals surface area contributed by atoms with Gasteiger partial charge in [-0.05, 0) is 42.9 Å². The fourth-order valence-electron chi connectivity index (χ4n) is 4.76. The molecule has 0 unspecified atom stereocenters. The van der Waals surface area contributed by atoms with Crippen LogP contribution in [-0.4, -0.2) is 38.6 Å². The van der Waals surface area contributed by atoms with Crippen molar-refractivity contribution in [2.45, 2.75) is 38.8 Å². The van der Waals surface area contributed by atoms with E-state index in [2.05, 4.69) is 60.8 Å². The van der Waals surface area contributed by atoms with Crippen LogP contribution < -0.4 is 15.1 Å². The summed E-state index contributed by atoms with van der Waals surface area (Å²) in [4.78, 5) is 15.7. The molecule has 1 amide bonds. The largest absolute Gasteiger partial charge is 0.344 e. The Kier molecular flexibility index (Phi) is 6.08. The van der Waals surface area contributed by atoms with E-state index in [-0.39, 0.29) is 11.9 Å². The Hall–Kier alpha value is -2.17. The number of quaternary nitrogens is 2. The van der Waals surface area contributed by atoms with Gasteiger partial charge in [0.1, 0.15) is 32.7 Å². The highest BCUT2D eigenvalue weighted by atomic mass is 16.2. The van der Waals surface area contributed by atoms with Crippen LogP contribution in [0.3, 0.4) is 0 Å². The highest BCUT2D eigenvalue weighted by molar-refractivity contribution is 5.77. The molecule has 4 nitrogen and oxygen atoms in total. The highest BCUT2D eigenvalue weighted by Gasteiger charge is 2.27. The molecule has 1 fully saturated rings. The normalized spacial score (nSPS) is 24.4. The van der Waals surface area contributed by atoms with Gasteiger partial charge in [0.2, 0.25) is 0 Å². The number of amides is 1. The Morgan fingerprint density at radius 3 is 2.54 bits per heavy atom. The molecule has 148 valence electrons. The smallest absolute Gasteiger partial charge is 0.275 e. The number of piperazine rings is 1. The van der Waals surface area contributed by atoms with E-state index in [9.17, 15) is 4.79 Å². The van der Waals surface area contributed by atoms with Crippen LogP contribution in [0.2, 0.25) is 0 Å². The van der Waals surface area contributed by atoms with Gasteiger partial charge in [-0.2, -0.15) is 0 Å². The van der Waals surface area contributed by atoms with Crippen molar-refractivity contribution in [3.63, 3.8) is 0 Å². The van der Waals surface area contributed by atoms with Crippen LogP contribution in [0.1, 0.15) is 41.1 Å². The zero-order valence-corrected chi connectivity index (χ0v) is 17.0. The van der Waals surface area contributed by atoms with Crippen molar-refractivity contribution >= 4 is 5.91 Å². The summed E-state index contributed by atoms with van der Waals surface area (Å²) < 4.78 is 0. The Labute approximate surface area is 168 Å². The Morgan fingerprint density at radius 2 is 1.71 bits per heavy atom. The maximum Gasteiger partial charge on any atom is 0.275 e. The average molecular weight is 380 g/mol. The van der Waals surface area contributed by atoms with E-state index in [1.54, 1.807) is 4.90 Å². The Bertz CT molecular complexity index is 811. The average Bonchev–Trinajstić information content (AvgIpc) is 2.71.